The maximum atomic E-state index is 9.66. The minimum Gasteiger partial charge on any atom is -0.391 e. The second kappa shape index (κ2) is 5.67. The number of likely N-dealkylation sites (tertiary alicyclic amines) is 1. The molecule has 18 heavy (non-hydrogen) atoms. The number of aryl methyl sites for hydroxylation is 2. The summed E-state index contributed by atoms with van der Waals surface area (Å²) in [7, 11) is 0. The number of anilines is 1. The van der Waals surface area contributed by atoms with E-state index in [-0.39, 0.29) is 6.10 Å². The number of β-amino-alcohol motifs (C(OH)–C–C–N with tert-alkyl or cyclic N) is 1. The fourth-order valence-corrected chi connectivity index (χ4v) is 2.48. The predicted octanol–water partition coefficient (Wildman–Crippen LogP) is 2.46. The average molecular weight is 264 g/mol. The van der Waals surface area contributed by atoms with Crippen molar-refractivity contribution < 1.29 is 5.11 Å². The van der Waals surface area contributed by atoms with E-state index >= 15 is 0 Å². The first kappa shape index (κ1) is 13.3. The highest BCUT2D eigenvalue weighted by atomic mass is 32.1. The molecular weight excluding hydrogens is 244 g/mol. The normalized spacial score (nSPS) is 19.7. The second-order valence-corrected chi connectivity index (χ2v) is 5.38. The molecule has 2 N–H and O–H groups in total. The largest absolute Gasteiger partial charge is 0.391 e. The number of benzene rings is 1. The van der Waals surface area contributed by atoms with Crippen molar-refractivity contribution in [3.8, 4) is 0 Å². The number of aliphatic hydroxyl groups is 1. The van der Waals surface area contributed by atoms with E-state index in [1.165, 1.54) is 11.1 Å². The third kappa shape index (κ3) is 3.21. The van der Waals surface area contributed by atoms with Gasteiger partial charge in [0.2, 0.25) is 0 Å². The Hall–Kier alpha value is -1.13. The standard InChI is InChI=1S/C14H20N2OS/c1-10-5-6-11(2)13(8-10)15-14(18)16-7-3-4-12(17)9-16/h5-6,8,12,17H,3-4,7,9H2,1-2H3,(H,15,18)/t12-/m1/s1. The van der Waals surface area contributed by atoms with Crippen molar-refractivity contribution in [2.75, 3.05) is 18.4 Å². The number of hydrogen-bond acceptors (Lipinski definition) is 2. The van der Waals surface area contributed by atoms with Gasteiger partial charge in [0.25, 0.3) is 0 Å². The molecule has 0 unspecified atom stereocenters. The average Bonchev–Trinajstić information content (AvgIpc) is 2.34. The summed E-state index contributed by atoms with van der Waals surface area (Å²) in [5.41, 5.74) is 3.45. The van der Waals surface area contributed by atoms with Crippen molar-refractivity contribution >= 4 is 23.0 Å². The van der Waals surface area contributed by atoms with Crippen molar-refractivity contribution in [3.05, 3.63) is 29.3 Å². The van der Waals surface area contributed by atoms with Crippen LogP contribution in [0.5, 0.6) is 0 Å². The van der Waals surface area contributed by atoms with Crippen LogP contribution in [0.2, 0.25) is 0 Å². The summed E-state index contributed by atoms with van der Waals surface area (Å²) in [6.45, 7) is 5.69. The van der Waals surface area contributed by atoms with Crippen LogP contribution >= 0.6 is 12.2 Å². The molecule has 0 aliphatic carbocycles. The van der Waals surface area contributed by atoms with Gasteiger partial charge < -0.3 is 15.3 Å². The molecule has 0 saturated carbocycles. The van der Waals surface area contributed by atoms with E-state index in [2.05, 4.69) is 37.4 Å². The Morgan fingerprint density at radius 3 is 2.94 bits per heavy atom. The lowest BCUT2D eigenvalue weighted by Crippen LogP contribution is -2.44. The molecule has 1 fully saturated rings. The molecule has 0 aromatic heterocycles. The lowest BCUT2D eigenvalue weighted by atomic mass is 10.1. The van der Waals surface area contributed by atoms with Crippen LogP contribution in [0.4, 0.5) is 5.69 Å². The van der Waals surface area contributed by atoms with E-state index in [0.717, 1.165) is 25.1 Å². The highest BCUT2D eigenvalue weighted by Gasteiger charge is 2.19. The summed E-state index contributed by atoms with van der Waals surface area (Å²) in [5.74, 6) is 0. The second-order valence-electron chi connectivity index (χ2n) is 4.99. The Bertz CT molecular complexity index is 447. The summed E-state index contributed by atoms with van der Waals surface area (Å²) in [6.07, 6.45) is 1.62. The van der Waals surface area contributed by atoms with Gasteiger partial charge in [-0.15, -0.1) is 0 Å². The number of thiocarbonyl (C=S) groups is 1. The molecule has 1 aliphatic rings. The zero-order valence-electron chi connectivity index (χ0n) is 10.9. The minimum atomic E-state index is -0.253. The highest BCUT2D eigenvalue weighted by molar-refractivity contribution is 7.80. The van der Waals surface area contributed by atoms with Crippen molar-refractivity contribution in [1.29, 1.82) is 0 Å². The van der Waals surface area contributed by atoms with E-state index in [0.29, 0.717) is 11.7 Å². The van der Waals surface area contributed by atoms with Gasteiger partial charge in [-0.05, 0) is 56.1 Å². The fourth-order valence-electron chi connectivity index (χ4n) is 2.20. The van der Waals surface area contributed by atoms with Crippen LogP contribution in [-0.2, 0) is 0 Å². The monoisotopic (exact) mass is 264 g/mol. The van der Waals surface area contributed by atoms with Gasteiger partial charge in [-0.25, -0.2) is 0 Å². The quantitative estimate of drug-likeness (QED) is 0.764. The van der Waals surface area contributed by atoms with Crippen LogP contribution in [0, 0.1) is 13.8 Å². The highest BCUT2D eigenvalue weighted by Crippen LogP contribution is 2.18. The van der Waals surface area contributed by atoms with Crippen LogP contribution < -0.4 is 5.32 Å². The van der Waals surface area contributed by atoms with E-state index in [1.807, 2.05) is 4.90 Å². The van der Waals surface area contributed by atoms with Crippen LogP contribution in [0.1, 0.15) is 24.0 Å². The summed E-state index contributed by atoms with van der Waals surface area (Å²) in [6, 6.07) is 6.28. The minimum absolute atomic E-state index is 0.253. The SMILES string of the molecule is Cc1ccc(C)c(NC(=S)N2CCC[C@@H](O)C2)c1. The summed E-state index contributed by atoms with van der Waals surface area (Å²) in [5, 5.41) is 13.7. The van der Waals surface area contributed by atoms with Crippen LogP contribution in [0.25, 0.3) is 0 Å². The first-order valence-corrected chi connectivity index (χ1v) is 6.78. The van der Waals surface area contributed by atoms with Gasteiger partial charge >= 0.3 is 0 Å². The molecule has 4 heteroatoms. The molecular formula is C14H20N2OS. The Morgan fingerprint density at radius 2 is 2.22 bits per heavy atom. The topological polar surface area (TPSA) is 35.5 Å². The molecule has 1 atom stereocenters. The Labute approximate surface area is 114 Å². The number of aliphatic hydroxyl groups excluding tert-OH is 1. The fraction of sp³-hybridized carbons (Fsp3) is 0.500. The summed E-state index contributed by atoms with van der Waals surface area (Å²) in [4.78, 5) is 2.05. The molecule has 0 amide bonds. The zero-order chi connectivity index (χ0) is 13.1. The van der Waals surface area contributed by atoms with Gasteiger partial charge in [0, 0.05) is 18.8 Å². The first-order chi connectivity index (χ1) is 8.56. The van der Waals surface area contributed by atoms with Gasteiger partial charge in [0.15, 0.2) is 5.11 Å². The Morgan fingerprint density at radius 1 is 1.44 bits per heavy atom. The molecule has 98 valence electrons. The Balaban J connectivity index is 2.04. The van der Waals surface area contributed by atoms with Crippen LogP contribution in [0.3, 0.4) is 0 Å². The van der Waals surface area contributed by atoms with Crippen molar-refractivity contribution in [2.24, 2.45) is 0 Å². The number of nitrogens with one attached hydrogen (secondary N) is 1. The molecule has 1 heterocycles. The maximum Gasteiger partial charge on any atom is 0.173 e. The van der Waals surface area contributed by atoms with E-state index in [4.69, 9.17) is 12.2 Å². The third-order valence-corrected chi connectivity index (χ3v) is 3.68. The van der Waals surface area contributed by atoms with E-state index in [1.54, 1.807) is 0 Å². The van der Waals surface area contributed by atoms with Gasteiger partial charge in [-0.1, -0.05) is 12.1 Å². The first-order valence-electron chi connectivity index (χ1n) is 6.37. The van der Waals surface area contributed by atoms with Gasteiger partial charge in [-0.2, -0.15) is 0 Å². The summed E-state index contributed by atoms with van der Waals surface area (Å²) >= 11 is 5.42. The Kier molecular flexibility index (Phi) is 4.19. The van der Waals surface area contributed by atoms with Crippen LogP contribution in [-0.4, -0.2) is 34.3 Å². The lowest BCUT2D eigenvalue weighted by Gasteiger charge is -2.32. The van der Waals surface area contributed by atoms with Gasteiger partial charge in [0.05, 0.1) is 6.10 Å². The number of rotatable bonds is 1. The van der Waals surface area contributed by atoms with Crippen molar-refractivity contribution in [2.45, 2.75) is 32.8 Å². The zero-order valence-corrected chi connectivity index (χ0v) is 11.8. The van der Waals surface area contributed by atoms with E-state index < -0.39 is 0 Å². The molecule has 0 radical (unpaired) electrons. The molecule has 1 aromatic rings. The molecule has 0 spiro atoms. The predicted molar refractivity (Wildman–Crippen MR) is 79.0 cm³/mol. The molecule has 1 aromatic carbocycles. The summed E-state index contributed by atoms with van der Waals surface area (Å²) < 4.78 is 0. The van der Waals surface area contributed by atoms with Crippen molar-refractivity contribution in [1.82, 2.24) is 4.90 Å². The van der Waals surface area contributed by atoms with Crippen molar-refractivity contribution in [3.63, 3.8) is 0 Å². The van der Waals surface area contributed by atoms with E-state index in [9.17, 15) is 5.11 Å². The number of nitrogens with zero attached hydrogens (tertiary/aromatic N) is 1. The smallest absolute Gasteiger partial charge is 0.173 e. The number of piperidine rings is 1. The molecule has 2 rings (SSSR count). The molecule has 0 bridgehead atoms. The lowest BCUT2D eigenvalue weighted by molar-refractivity contribution is 0.104. The third-order valence-electron chi connectivity index (χ3n) is 3.32. The molecule has 3 nitrogen and oxygen atoms in total. The molecule has 1 aliphatic heterocycles. The maximum absolute atomic E-state index is 9.66. The van der Waals surface area contributed by atoms with Crippen LogP contribution in [0.15, 0.2) is 18.2 Å². The van der Waals surface area contributed by atoms with Gasteiger partial charge in [-0.3, -0.25) is 0 Å². The molecule has 1 saturated heterocycles. The number of hydrogen-bond donors (Lipinski definition) is 2. The van der Waals surface area contributed by atoms with Gasteiger partial charge in [0.1, 0.15) is 0 Å².